The fourth-order valence-electron chi connectivity index (χ4n) is 3.63. The van der Waals surface area contributed by atoms with E-state index >= 15 is 0 Å². The van der Waals surface area contributed by atoms with Crippen LogP contribution in [-0.2, 0) is 11.2 Å². The first-order valence-electron chi connectivity index (χ1n) is 10.0. The first-order valence-corrected chi connectivity index (χ1v) is 10.9. The first-order chi connectivity index (χ1) is 13.3. The number of hydrogen-bond donors (Lipinski definition) is 1. The minimum absolute atomic E-state index is 0.136. The van der Waals surface area contributed by atoms with Crippen LogP contribution in [0.2, 0.25) is 0 Å². The van der Waals surface area contributed by atoms with Crippen LogP contribution in [0.1, 0.15) is 49.1 Å². The molecule has 1 unspecified atom stereocenters. The van der Waals surface area contributed by atoms with Crippen LogP contribution in [0, 0.1) is 0 Å². The zero-order valence-electron chi connectivity index (χ0n) is 16.2. The lowest BCUT2D eigenvalue weighted by atomic mass is 10.0. The number of amides is 1. The van der Waals surface area contributed by atoms with Crippen molar-refractivity contribution in [3.05, 3.63) is 52.2 Å². The molecule has 146 valence electrons. The molecule has 0 spiro atoms. The molecule has 1 aliphatic heterocycles. The lowest BCUT2D eigenvalue weighted by Gasteiger charge is -2.35. The Morgan fingerprint density at radius 3 is 2.63 bits per heavy atom. The number of nitrogens with zero attached hydrogens (tertiary/aromatic N) is 1. The summed E-state index contributed by atoms with van der Waals surface area (Å²) in [6.45, 7) is 5.54. The smallest absolute Gasteiger partial charge is 0.220 e. The molecule has 4 nitrogen and oxygen atoms in total. The molecule has 5 heteroatoms. The molecular weight excluding hydrogens is 356 g/mol. The van der Waals surface area contributed by atoms with Crippen LogP contribution in [0.5, 0.6) is 5.75 Å². The van der Waals surface area contributed by atoms with Gasteiger partial charge in [-0.05, 0) is 68.4 Å². The van der Waals surface area contributed by atoms with Gasteiger partial charge in [-0.15, -0.1) is 11.3 Å². The summed E-state index contributed by atoms with van der Waals surface area (Å²) in [5, 5.41) is 5.23. The second-order valence-electron chi connectivity index (χ2n) is 7.00. The van der Waals surface area contributed by atoms with E-state index in [-0.39, 0.29) is 11.9 Å². The van der Waals surface area contributed by atoms with Crippen LogP contribution in [0.3, 0.4) is 0 Å². The number of thiophene rings is 1. The molecule has 2 aromatic rings. The first kappa shape index (κ1) is 19.9. The molecule has 0 saturated carbocycles. The van der Waals surface area contributed by atoms with Crippen molar-refractivity contribution >= 4 is 17.2 Å². The molecule has 3 rings (SSSR count). The third-order valence-corrected chi connectivity index (χ3v) is 6.01. The van der Waals surface area contributed by atoms with E-state index < -0.39 is 0 Å². The van der Waals surface area contributed by atoms with Gasteiger partial charge in [-0.25, -0.2) is 0 Å². The number of hydrogen-bond acceptors (Lipinski definition) is 4. The minimum Gasteiger partial charge on any atom is -0.494 e. The van der Waals surface area contributed by atoms with E-state index in [0.717, 1.165) is 25.3 Å². The van der Waals surface area contributed by atoms with E-state index in [4.69, 9.17) is 4.74 Å². The third kappa shape index (κ3) is 6.08. The lowest BCUT2D eigenvalue weighted by molar-refractivity contribution is -0.121. The summed E-state index contributed by atoms with van der Waals surface area (Å²) in [4.78, 5) is 16.1. The van der Waals surface area contributed by atoms with E-state index in [1.165, 1.54) is 29.7 Å². The monoisotopic (exact) mass is 386 g/mol. The van der Waals surface area contributed by atoms with Crippen LogP contribution >= 0.6 is 11.3 Å². The Morgan fingerprint density at radius 2 is 1.96 bits per heavy atom. The molecular formula is C22H30N2O2S. The number of piperidine rings is 1. The number of carbonyl (C=O) groups excluding carboxylic acids is 1. The van der Waals surface area contributed by atoms with E-state index in [1.807, 2.05) is 25.1 Å². The highest BCUT2D eigenvalue weighted by molar-refractivity contribution is 7.09. The summed E-state index contributed by atoms with van der Waals surface area (Å²) >= 11 is 1.71. The topological polar surface area (TPSA) is 41.6 Å². The maximum atomic E-state index is 12.4. The normalized spacial score (nSPS) is 16.0. The highest BCUT2D eigenvalue weighted by Gasteiger charge is 2.23. The average molecular weight is 387 g/mol. The van der Waals surface area contributed by atoms with Crippen molar-refractivity contribution in [1.82, 2.24) is 10.2 Å². The molecule has 1 aromatic carbocycles. The van der Waals surface area contributed by atoms with Gasteiger partial charge in [0.05, 0.1) is 12.6 Å². The Hall–Kier alpha value is -1.85. The maximum absolute atomic E-state index is 12.4. The molecule has 1 fully saturated rings. The van der Waals surface area contributed by atoms with Gasteiger partial charge in [0.15, 0.2) is 0 Å². The summed E-state index contributed by atoms with van der Waals surface area (Å²) in [5.41, 5.74) is 1.25. The van der Waals surface area contributed by atoms with Crippen molar-refractivity contribution in [2.24, 2.45) is 0 Å². The van der Waals surface area contributed by atoms with Crippen molar-refractivity contribution in [3.8, 4) is 5.75 Å². The van der Waals surface area contributed by atoms with Gasteiger partial charge in [0.25, 0.3) is 0 Å². The molecule has 0 radical (unpaired) electrons. The quantitative estimate of drug-likeness (QED) is 0.693. The molecule has 0 aliphatic carbocycles. The van der Waals surface area contributed by atoms with Crippen molar-refractivity contribution in [1.29, 1.82) is 0 Å². The highest BCUT2D eigenvalue weighted by atomic mass is 32.1. The molecule has 2 heterocycles. The van der Waals surface area contributed by atoms with Crippen LogP contribution in [0.4, 0.5) is 0 Å². The zero-order chi connectivity index (χ0) is 18.9. The predicted molar refractivity (Wildman–Crippen MR) is 111 cm³/mol. The molecule has 1 aromatic heterocycles. The highest BCUT2D eigenvalue weighted by Crippen LogP contribution is 2.26. The van der Waals surface area contributed by atoms with Crippen LogP contribution < -0.4 is 10.1 Å². The summed E-state index contributed by atoms with van der Waals surface area (Å²) in [5.74, 6) is 1.04. The van der Waals surface area contributed by atoms with E-state index in [0.29, 0.717) is 19.6 Å². The van der Waals surface area contributed by atoms with Gasteiger partial charge in [0.2, 0.25) is 5.91 Å². The number of nitrogens with one attached hydrogen (secondary N) is 1. The number of benzene rings is 1. The maximum Gasteiger partial charge on any atom is 0.220 e. The predicted octanol–water partition coefficient (Wildman–Crippen LogP) is 4.42. The Bertz CT molecular complexity index is 679. The summed E-state index contributed by atoms with van der Waals surface area (Å²) < 4.78 is 5.57. The molecule has 27 heavy (non-hydrogen) atoms. The fraction of sp³-hybridized carbons (Fsp3) is 0.500. The molecule has 0 bridgehead atoms. The number of likely N-dealkylation sites (tertiary alicyclic amines) is 1. The molecule has 1 N–H and O–H groups in total. The molecule has 1 aliphatic rings. The lowest BCUT2D eigenvalue weighted by Crippen LogP contribution is -2.40. The second-order valence-corrected chi connectivity index (χ2v) is 8.03. The van der Waals surface area contributed by atoms with Crippen LogP contribution in [0.25, 0.3) is 0 Å². The number of aryl methyl sites for hydroxylation is 1. The minimum atomic E-state index is 0.136. The van der Waals surface area contributed by atoms with Gasteiger partial charge in [0.1, 0.15) is 5.75 Å². The van der Waals surface area contributed by atoms with Crippen molar-refractivity contribution in [2.75, 3.05) is 26.2 Å². The van der Waals surface area contributed by atoms with Crippen molar-refractivity contribution in [3.63, 3.8) is 0 Å². The van der Waals surface area contributed by atoms with Crippen molar-refractivity contribution < 1.29 is 9.53 Å². The van der Waals surface area contributed by atoms with Gasteiger partial charge >= 0.3 is 0 Å². The molecule has 1 saturated heterocycles. The summed E-state index contributed by atoms with van der Waals surface area (Å²) in [6.07, 6.45) is 5.15. The number of rotatable bonds is 9. The van der Waals surface area contributed by atoms with E-state index in [2.05, 4.69) is 33.8 Å². The van der Waals surface area contributed by atoms with Gasteiger partial charge in [0, 0.05) is 17.8 Å². The Morgan fingerprint density at radius 1 is 1.19 bits per heavy atom. The average Bonchev–Trinajstić information content (AvgIpc) is 3.22. The standard InChI is InChI=1S/C22H30N2O2S/c1-2-26-19-10-8-18(9-11-19)21(24-14-4-3-5-15-24)17-23-22(25)13-12-20-7-6-16-27-20/h6-11,16,21H,2-5,12-15,17H2,1H3,(H,23,25). The summed E-state index contributed by atoms with van der Waals surface area (Å²) in [7, 11) is 0. The van der Waals surface area contributed by atoms with E-state index in [1.54, 1.807) is 11.3 Å². The SMILES string of the molecule is CCOc1ccc(C(CNC(=O)CCc2cccs2)N2CCCCC2)cc1. The van der Waals surface area contributed by atoms with Gasteiger partial charge < -0.3 is 10.1 Å². The van der Waals surface area contributed by atoms with Crippen molar-refractivity contribution in [2.45, 2.75) is 45.1 Å². The van der Waals surface area contributed by atoms with Gasteiger partial charge in [-0.1, -0.05) is 24.6 Å². The molecule has 1 atom stereocenters. The fourth-order valence-corrected chi connectivity index (χ4v) is 4.34. The van der Waals surface area contributed by atoms with Gasteiger partial charge in [-0.3, -0.25) is 9.69 Å². The summed E-state index contributed by atoms with van der Waals surface area (Å²) in [6, 6.07) is 12.7. The van der Waals surface area contributed by atoms with Gasteiger partial charge in [-0.2, -0.15) is 0 Å². The number of carbonyl (C=O) groups is 1. The second kappa shape index (κ2) is 10.5. The third-order valence-electron chi connectivity index (χ3n) is 5.08. The van der Waals surface area contributed by atoms with Crippen LogP contribution in [0.15, 0.2) is 41.8 Å². The van der Waals surface area contributed by atoms with Crippen LogP contribution in [-0.4, -0.2) is 37.0 Å². The Labute approximate surface area is 166 Å². The largest absolute Gasteiger partial charge is 0.494 e. The Kier molecular flexibility index (Phi) is 7.72. The zero-order valence-corrected chi connectivity index (χ0v) is 17.0. The Balaban J connectivity index is 1.60. The number of ether oxygens (including phenoxy) is 1. The van der Waals surface area contributed by atoms with E-state index in [9.17, 15) is 4.79 Å². The molecule has 1 amide bonds.